The maximum Gasteiger partial charge on any atom is 0.319 e. The van der Waals surface area contributed by atoms with E-state index in [1.807, 2.05) is 13.0 Å². The molecule has 1 aliphatic heterocycles. The number of anilines is 1. The third-order valence-corrected chi connectivity index (χ3v) is 3.71. The number of aryl methyl sites for hydroxylation is 1. The second kappa shape index (κ2) is 6.60. The number of hydrogen-bond acceptors (Lipinski definition) is 3. The molecule has 1 aromatic heterocycles. The molecule has 2 heterocycles. The first kappa shape index (κ1) is 15.3. The van der Waals surface area contributed by atoms with Crippen molar-refractivity contribution in [3.8, 4) is 0 Å². The molecular weight excluding hydrogens is 270 g/mol. The molecule has 1 atom stereocenters. The summed E-state index contributed by atoms with van der Waals surface area (Å²) >= 11 is 0. The van der Waals surface area contributed by atoms with Crippen molar-refractivity contribution in [2.24, 2.45) is 5.92 Å². The topological polar surface area (TPSA) is 81.3 Å². The number of nitrogens with zero attached hydrogens (tertiary/aromatic N) is 3. The number of H-pyrrole nitrogens is 1. The maximum atomic E-state index is 12.3. The number of carbonyl (C=O) groups is 2. The predicted octanol–water partition coefficient (Wildman–Crippen LogP) is 1.30. The van der Waals surface area contributed by atoms with Crippen LogP contribution in [0.2, 0.25) is 0 Å². The lowest BCUT2D eigenvalue weighted by atomic mass is 9.97. The van der Waals surface area contributed by atoms with E-state index in [1.165, 1.54) is 0 Å². The number of likely N-dealkylation sites (tertiary alicyclic amines) is 1. The van der Waals surface area contributed by atoms with Gasteiger partial charge in [-0.3, -0.25) is 9.89 Å². The molecule has 0 saturated carbocycles. The van der Waals surface area contributed by atoms with E-state index in [0.717, 1.165) is 25.0 Å². The van der Waals surface area contributed by atoms with Crippen molar-refractivity contribution >= 4 is 17.8 Å². The highest BCUT2D eigenvalue weighted by atomic mass is 16.2. The van der Waals surface area contributed by atoms with Crippen LogP contribution in [0, 0.1) is 5.92 Å². The monoisotopic (exact) mass is 293 g/mol. The molecule has 0 radical (unpaired) electrons. The van der Waals surface area contributed by atoms with Crippen LogP contribution in [0.5, 0.6) is 0 Å². The van der Waals surface area contributed by atoms with Gasteiger partial charge in [-0.25, -0.2) is 4.79 Å². The third kappa shape index (κ3) is 3.74. The third-order valence-electron chi connectivity index (χ3n) is 3.71. The Morgan fingerprint density at radius 1 is 1.52 bits per heavy atom. The van der Waals surface area contributed by atoms with Crippen LogP contribution < -0.4 is 5.32 Å². The number of carbonyl (C=O) groups excluding carboxylic acids is 2. The molecule has 7 nitrogen and oxygen atoms in total. The van der Waals surface area contributed by atoms with Crippen LogP contribution in [0.4, 0.5) is 10.6 Å². The van der Waals surface area contributed by atoms with Crippen molar-refractivity contribution < 1.29 is 9.59 Å². The largest absolute Gasteiger partial charge is 0.331 e. The first-order valence-corrected chi connectivity index (χ1v) is 7.32. The van der Waals surface area contributed by atoms with Gasteiger partial charge in [0, 0.05) is 38.9 Å². The Hall–Kier alpha value is -2.05. The minimum Gasteiger partial charge on any atom is -0.331 e. The Bertz CT molecular complexity index is 511. The number of hydrogen-bond donors (Lipinski definition) is 2. The van der Waals surface area contributed by atoms with Crippen LogP contribution in [-0.4, -0.2) is 59.1 Å². The lowest BCUT2D eigenvalue weighted by molar-refractivity contribution is -0.121. The lowest BCUT2D eigenvalue weighted by Crippen LogP contribution is -2.47. The second-order valence-corrected chi connectivity index (χ2v) is 5.58. The van der Waals surface area contributed by atoms with Gasteiger partial charge < -0.3 is 15.1 Å². The average Bonchev–Trinajstić information content (AvgIpc) is 2.94. The molecule has 1 aliphatic rings. The molecule has 0 spiro atoms. The van der Waals surface area contributed by atoms with Crippen molar-refractivity contribution in [1.29, 1.82) is 0 Å². The molecule has 0 bridgehead atoms. The molecule has 7 heteroatoms. The van der Waals surface area contributed by atoms with Crippen molar-refractivity contribution in [3.63, 3.8) is 0 Å². The summed E-state index contributed by atoms with van der Waals surface area (Å²) in [5.74, 6) is 0.303. The van der Waals surface area contributed by atoms with Gasteiger partial charge in [0.05, 0.1) is 5.92 Å². The molecular formula is C14H23N5O2. The van der Waals surface area contributed by atoms with E-state index >= 15 is 0 Å². The summed E-state index contributed by atoms with van der Waals surface area (Å²) in [7, 11) is 3.45. The number of aromatic nitrogens is 2. The van der Waals surface area contributed by atoms with Gasteiger partial charge in [-0.2, -0.15) is 5.10 Å². The number of aromatic amines is 1. The van der Waals surface area contributed by atoms with Crippen LogP contribution in [0.15, 0.2) is 6.07 Å². The summed E-state index contributed by atoms with van der Waals surface area (Å²) in [6, 6.07) is 1.80. The highest BCUT2D eigenvalue weighted by Crippen LogP contribution is 2.19. The van der Waals surface area contributed by atoms with Crippen molar-refractivity contribution in [1.82, 2.24) is 20.0 Å². The quantitative estimate of drug-likeness (QED) is 0.881. The Labute approximate surface area is 124 Å². The van der Waals surface area contributed by atoms with E-state index < -0.39 is 0 Å². The number of piperidine rings is 1. The SMILES string of the molecule is CCc1cc(NC(=O)C2CCCN(C(=O)N(C)C)C2)n[nH]1. The molecule has 2 rings (SSSR count). The molecule has 3 amide bonds. The molecule has 2 N–H and O–H groups in total. The van der Waals surface area contributed by atoms with Crippen molar-refractivity contribution in [2.45, 2.75) is 26.2 Å². The number of rotatable bonds is 3. The van der Waals surface area contributed by atoms with E-state index in [4.69, 9.17) is 0 Å². The zero-order valence-electron chi connectivity index (χ0n) is 12.8. The molecule has 0 aliphatic carbocycles. The fraction of sp³-hybridized carbons (Fsp3) is 0.643. The van der Waals surface area contributed by atoms with Gasteiger partial charge >= 0.3 is 6.03 Å². The first-order valence-electron chi connectivity index (χ1n) is 7.32. The van der Waals surface area contributed by atoms with Crippen LogP contribution in [-0.2, 0) is 11.2 Å². The number of urea groups is 1. The minimum atomic E-state index is -0.176. The molecule has 116 valence electrons. The predicted molar refractivity (Wildman–Crippen MR) is 80.0 cm³/mol. The number of amides is 3. The van der Waals surface area contributed by atoms with E-state index in [1.54, 1.807) is 23.9 Å². The second-order valence-electron chi connectivity index (χ2n) is 5.58. The summed E-state index contributed by atoms with van der Waals surface area (Å²) < 4.78 is 0. The van der Waals surface area contributed by atoms with Crippen LogP contribution in [0.3, 0.4) is 0 Å². The summed E-state index contributed by atoms with van der Waals surface area (Å²) in [5, 5.41) is 9.75. The van der Waals surface area contributed by atoms with Gasteiger partial charge in [0.2, 0.25) is 5.91 Å². The summed E-state index contributed by atoms with van der Waals surface area (Å²) in [4.78, 5) is 27.5. The summed E-state index contributed by atoms with van der Waals surface area (Å²) in [6.07, 6.45) is 2.49. The minimum absolute atomic E-state index is 0.0412. The highest BCUT2D eigenvalue weighted by Gasteiger charge is 2.29. The van der Waals surface area contributed by atoms with Crippen molar-refractivity contribution in [2.75, 3.05) is 32.5 Å². The maximum absolute atomic E-state index is 12.3. The van der Waals surface area contributed by atoms with Crippen LogP contribution >= 0.6 is 0 Å². The molecule has 1 saturated heterocycles. The fourth-order valence-corrected chi connectivity index (χ4v) is 2.48. The van der Waals surface area contributed by atoms with Gasteiger partial charge in [-0.05, 0) is 19.3 Å². The van der Waals surface area contributed by atoms with Gasteiger partial charge in [0.25, 0.3) is 0 Å². The first-order chi connectivity index (χ1) is 10.0. The zero-order chi connectivity index (χ0) is 15.4. The van der Waals surface area contributed by atoms with E-state index in [9.17, 15) is 9.59 Å². The zero-order valence-corrected chi connectivity index (χ0v) is 12.8. The molecule has 21 heavy (non-hydrogen) atoms. The van der Waals surface area contributed by atoms with Crippen LogP contribution in [0.1, 0.15) is 25.5 Å². The van der Waals surface area contributed by atoms with Gasteiger partial charge in [-0.1, -0.05) is 6.92 Å². The molecule has 0 aromatic carbocycles. The van der Waals surface area contributed by atoms with E-state index in [2.05, 4.69) is 15.5 Å². The standard InChI is InChI=1S/C14H23N5O2/c1-4-11-8-12(17-16-11)15-13(20)10-6-5-7-19(9-10)14(21)18(2)3/h8,10H,4-7,9H2,1-3H3,(H2,15,16,17,20). The van der Waals surface area contributed by atoms with E-state index in [-0.39, 0.29) is 17.9 Å². The Morgan fingerprint density at radius 3 is 2.90 bits per heavy atom. The smallest absolute Gasteiger partial charge is 0.319 e. The summed E-state index contributed by atoms with van der Waals surface area (Å²) in [6.45, 7) is 3.20. The van der Waals surface area contributed by atoms with E-state index in [0.29, 0.717) is 18.9 Å². The fourth-order valence-electron chi connectivity index (χ4n) is 2.48. The highest BCUT2D eigenvalue weighted by molar-refractivity contribution is 5.92. The Morgan fingerprint density at radius 2 is 2.29 bits per heavy atom. The van der Waals surface area contributed by atoms with Crippen LogP contribution in [0.25, 0.3) is 0 Å². The molecule has 1 aromatic rings. The number of nitrogens with one attached hydrogen (secondary N) is 2. The normalized spacial score (nSPS) is 18.4. The molecule has 1 unspecified atom stereocenters. The summed E-state index contributed by atoms with van der Waals surface area (Å²) in [5.41, 5.74) is 0.985. The van der Waals surface area contributed by atoms with Gasteiger partial charge in [0.15, 0.2) is 5.82 Å². The van der Waals surface area contributed by atoms with Gasteiger partial charge in [0.1, 0.15) is 0 Å². The Kier molecular flexibility index (Phi) is 4.82. The molecule has 1 fully saturated rings. The Balaban J connectivity index is 1.94. The van der Waals surface area contributed by atoms with Gasteiger partial charge in [-0.15, -0.1) is 0 Å². The van der Waals surface area contributed by atoms with Crippen molar-refractivity contribution in [3.05, 3.63) is 11.8 Å². The average molecular weight is 293 g/mol. The lowest BCUT2D eigenvalue weighted by Gasteiger charge is -2.33.